The standard InChI is InChI=1S/C19H28O6/c1-18(2)5-10(21)15(11(22)6-18)17(14(25)9-20)16-12(23)7-19(3,4)8-13(16)24/h14-15,17,20,23,25H,5-9H2,1-4H3/t14-,17-/m0/s1. The molecule has 2 rings (SSSR count). The molecule has 0 aromatic rings. The average molecular weight is 352 g/mol. The Morgan fingerprint density at radius 2 is 1.44 bits per heavy atom. The highest BCUT2D eigenvalue weighted by molar-refractivity contribution is 6.08. The summed E-state index contributed by atoms with van der Waals surface area (Å²) in [6.07, 6.45) is -0.760. The minimum Gasteiger partial charge on any atom is -0.512 e. The van der Waals surface area contributed by atoms with Gasteiger partial charge in [0.15, 0.2) is 5.78 Å². The highest BCUT2D eigenvalue weighted by Gasteiger charge is 2.50. The zero-order valence-electron chi connectivity index (χ0n) is 15.3. The van der Waals surface area contributed by atoms with Crippen molar-refractivity contribution in [3.8, 4) is 0 Å². The molecule has 0 spiro atoms. The highest BCUT2D eigenvalue weighted by Crippen LogP contribution is 2.44. The zero-order valence-corrected chi connectivity index (χ0v) is 15.3. The van der Waals surface area contributed by atoms with Gasteiger partial charge in [0.25, 0.3) is 0 Å². The van der Waals surface area contributed by atoms with Crippen LogP contribution in [0.15, 0.2) is 11.3 Å². The molecule has 0 bridgehead atoms. The first kappa shape index (κ1) is 19.8. The summed E-state index contributed by atoms with van der Waals surface area (Å²) < 4.78 is 0. The molecule has 25 heavy (non-hydrogen) atoms. The molecule has 0 saturated heterocycles. The summed E-state index contributed by atoms with van der Waals surface area (Å²) in [6.45, 7) is 6.63. The van der Waals surface area contributed by atoms with Gasteiger partial charge < -0.3 is 15.3 Å². The first-order chi connectivity index (χ1) is 11.4. The third kappa shape index (κ3) is 4.01. The number of carbonyl (C=O) groups excluding carboxylic acids is 3. The van der Waals surface area contributed by atoms with Crippen molar-refractivity contribution < 1.29 is 29.7 Å². The molecule has 0 aliphatic heterocycles. The average Bonchev–Trinajstić information content (AvgIpc) is 2.40. The van der Waals surface area contributed by atoms with Crippen LogP contribution < -0.4 is 0 Å². The predicted molar refractivity (Wildman–Crippen MR) is 90.8 cm³/mol. The lowest BCUT2D eigenvalue weighted by molar-refractivity contribution is -0.144. The van der Waals surface area contributed by atoms with Gasteiger partial charge in [0, 0.05) is 37.2 Å². The smallest absolute Gasteiger partial charge is 0.163 e. The Morgan fingerprint density at radius 1 is 0.960 bits per heavy atom. The Morgan fingerprint density at radius 3 is 1.88 bits per heavy atom. The van der Waals surface area contributed by atoms with Gasteiger partial charge in [0.05, 0.1) is 24.4 Å². The summed E-state index contributed by atoms with van der Waals surface area (Å²) in [7, 11) is 0. The minimum atomic E-state index is -1.46. The van der Waals surface area contributed by atoms with Crippen LogP contribution in [0.3, 0.4) is 0 Å². The summed E-state index contributed by atoms with van der Waals surface area (Å²) in [5.41, 5.74) is -0.955. The van der Waals surface area contributed by atoms with Gasteiger partial charge in [-0.2, -0.15) is 0 Å². The lowest BCUT2D eigenvalue weighted by Crippen LogP contribution is -2.48. The molecular weight excluding hydrogens is 324 g/mol. The number of hydrogen-bond donors (Lipinski definition) is 3. The summed E-state index contributed by atoms with van der Waals surface area (Å²) >= 11 is 0. The van der Waals surface area contributed by atoms with E-state index in [0.717, 1.165) is 0 Å². The lowest BCUT2D eigenvalue weighted by Gasteiger charge is -2.40. The monoisotopic (exact) mass is 352 g/mol. The quantitative estimate of drug-likeness (QED) is 0.664. The molecule has 0 unspecified atom stereocenters. The largest absolute Gasteiger partial charge is 0.512 e. The molecule has 2 aliphatic rings. The molecule has 140 valence electrons. The minimum absolute atomic E-state index is 0.0627. The van der Waals surface area contributed by atoms with Gasteiger partial charge in [-0.05, 0) is 10.8 Å². The van der Waals surface area contributed by atoms with Crippen molar-refractivity contribution in [2.45, 2.75) is 59.5 Å². The van der Waals surface area contributed by atoms with Gasteiger partial charge >= 0.3 is 0 Å². The van der Waals surface area contributed by atoms with E-state index in [-0.39, 0.29) is 54.4 Å². The van der Waals surface area contributed by atoms with Gasteiger partial charge in [-0.25, -0.2) is 0 Å². The normalized spacial score (nSPS) is 26.7. The molecule has 3 N–H and O–H groups in total. The van der Waals surface area contributed by atoms with Crippen molar-refractivity contribution in [2.75, 3.05) is 6.61 Å². The molecule has 2 aliphatic carbocycles. The van der Waals surface area contributed by atoms with Crippen LogP contribution in [0.5, 0.6) is 0 Å². The summed E-state index contributed by atoms with van der Waals surface area (Å²) in [5, 5.41) is 30.2. The maximum absolute atomic E-state index is 12.6. The second-order valence-electron chi connectivity index (χ2n) is 9.01. The van der Waals surface area contributed by atoms with Crippen molar-refractivity contribution in [1.29, 1.82) is 0 Å². The van der Waals surface area contributed by atoms with Crippen LogP contribution in [0.1, 0.15) is 53.4 Å². The maximum atomic E-state index is 12.6. The van der Waals surface area contributed by atoms with E-state index in [1.54, 1.807) is 0 Å². The van der Waals surface area contributed by atoms with Crippen molar-refractivity contribution >= 4 is 17.3 Å². The number of aliphatic hydroxyl groups is 3. The molecule has 0 aromatic heterocycles. The number of rotatable bonds is 4. The van der Waals surface area contributed by atoms with E-state index >= 15 is 0 Å². The summed E-state index contributed by atoms with van der Waals surface area (Å²) in [5.74, 6) is -3.66. The number of carbonyl (C=O) groups is 3. The van der Waals surface area contributed by atoms with Crippen LogP contribution in [0, 0.1) is 22.7 Å². The van der Waals surface area contributed by atoms with E-state index in [0.29, 0.717) is 0 Å². The Balaban J connectivity index is 2.49. The second-order valence-corrected chi connectivity index (χ2v) is 9.01. The topological polar surface area (TPSA) is 112 Å². The maximum Gasteiger partial charge on any atom is 0.163 e. The van der Waals surface area contributed by atoms with Gasteiger partial charge in [-0.15, -0.1) is 0 Å². The Kier molecular flexibility index (Phi) is 5.26. The molecule has 6 nitrogen and oxygen atoms in total. The zero-order chi connectivity index (χ0) is 19.2. The number of aliphatic hydroxyl groups excluding tert-OH is 3. The fourth-order valence-corrected chi connectivity index (χ4v) is 4.18. The third-order valence-electron chi connectivity index (χ3n) is 5.19. The number of Topliss-reactive ketones (excluding diaryl/α,β-unsaturated/α-hetero) is 3. The van der Waals surface area contributed by atoms with E-state index in [9.17, 15) is 29.7 Å². The van der Waals surface area contributed by atoms with Crippen LogP contribution in [-0.2, 0) is 14.4 Å². The third-order valence-corrected chi connectivity index (χ3v) is 5.19. The lowest BCUT2D eigenvalue weighted by atomic mass is 9.63. The Labute approximate surface area is 147 Å². The van der Waals surface area contributed by atoms with Crippen LogP contribution in [0.2, 0.25) is 0 Å². The predicted octanol–water partition coefficient (Wildman–Crippen LogP) is 1.73. The number of allylic oxidation sites excluding steroid dienone is 1. The fraction of sp³-hybridized carbons (Fsp3) is 0.737. The van der Waals surface area contributed by atoms with E-state index in [1.165, 1.54) is 0 Å². The van der Waals surface area contributed by atoms with Crippen molar-refractivity contribution in [1.82, 2.24) is 0 Å². The molecule has 2 atom stereocenters. The molecule has 1 fully saturated rings. The molecular formula is C19H28O6. The second kappa shape index (κ2) is 6.65. The number of ketones is 3. The molecule has 0 amide bonds. The summed E-state index contributed by atoms with van der Waals surface area (Å²) in [6, 6.07) is 0. The Hall–Kier alpha value is -1.53. The fourth-order valence-electron chi connectivity index (χ4n) is 4.18. The van der Waals surface area contributed by atoms with Gasteiger partial charge in [0.1, 0.15) is 11.6 Å². The SMILES string of the molecule is CC1(C)CC(=O)C([C@@H](C2=C(O)CC(C)(C)CC2=O)[C@@H](O)CO)C(=O)C1. The van der Waals surface area contributed by atoms with E-state index in [4.69, 9.17) is 0 Å². The van der Waals surface area contributed by atoms with Gasteiger partial charge in [-0.3, -0.25) is 14.4 Å². The van der Waals surface area contributed by atoms with E-state index < -0.39 is 35.4 Å². The Bertz CT molecular complexity index is 608. The van der Waals surface area contributed by atoms with E-state index in [1.807, 2.05) is 27.7 Å². The van der Waals surface area contributed by atoms with Crippen molar-refractivity contribution in [3.05, 3.63) is 11.3 Å². The van der Waals surface area contributed by atoms with Crippen molar-refractivity contribution in [2.24, 2.45) is 22.7 Å². The van der Waals surface area contributed by atoms with Gasteiger partial charge in [0.2, 0.25) is 0 Å². The first-order valence-electron chi connectivity index (χ1n) is 8.68. The highest BCUT2D eigenvalue weighted by atomic mass is 16.3. The van der Waals surface area contributed by atoms with Crippen molar-refractivity contribution in [3.63, 3.8) is 0 Å². The molecule has 6 heteroatoms. The molecule has 0 radical (unpaired) electrons. The van der Waals surface area contributed by atoms with Crippen LogP contribution in [0.4, 0.5) is 0 Å². The van der Waals surface area contributed by atoms with E-state index in [2.05, 4.69) is 0 Å². The molecule has 0 aromatic carbocycles. The first-order valence-corrected chi connectivity index (χ1v) is 8.68. The molecule has 0 heterocycles. The van der Waals surface area contributed by atoms with Crippen LogP contribution in [0.25, 0.3) is 0 Å². The number of hydrogen-bond acceptors (Lipinski definition) is 6. The van der Waals surface area contributed by atoms with Crippen LogP contribution >= 0.6 is 0 Å². The van der Waals surface area contributed by atoms with Crippen LogP contribution in [-0.4, -0.2) is 45.4 Å². The summed E-state index contributed by atoms with van der Waals surface area (Å²) in [4.78, 5) is 37.9. The van der Waals surface area contributed by atoms with Gasteiger partial charge in [-0.1, -0.05) is 27.7 Å². The molecule has 1 saturated carbocycles.